The number of halogens is 1. The number of aliphatic hydroxyl groups is 1. The number of hydrogen-bond acceptors (Lipinski definition) is 11. The van der Waals surface area contributed by atoms with Crippen molar-refractivity contribution in [2.75, 3.05) is 18.9 Å². The van der Waals surface area contributed by atoms with Crippen molar-refractivity contribution in [2.45, 2.75) is 141 Å². The summed E-state index contributed by atoms with van der Waals surface area (Å²) in [6.07, 6.45) is 20.1. The van der Waals surface area contributed by atoms with Crippen molar-refractivity contribution in [3.8, 4) is 18.1 Å². The Morgan fingerprint density at radius 2 is 1.62 bits per heavy atom. The van der Waals surface area contributed by atoms with Crippen LogP contribution in [0.25, 0.3) is 11.2 Å². The number of hydrogen-bond donors (Lipinski definition) is 3. The number of fused-ring (bicyclic) bond motifs is 1. The second-order valence-corrected chi connectivity index (χ2v) is 17.4. The van der Waals surface area contributed by atoms with Crippen LogP contribution >= 0.6 is 7.75 Å². The highest BCUT2D eigenvalue weighted by Crippen LogP contribution is 2.48. The third-order valence-electron chi connectivity index (χ3n) is 11.0. The maximum atomic E-state index is 14.9. The predicted octanol–water partition coefficient (Wildman–Crippen LogP) is 9.26. The Hall–Kier alpha value is -4.38. The number of unbranched alkanes of at least 4 members (excludes halogenated alkanes) is 10. The van der Waals surface area contributed by atoms with Crippen molar-refractivity contribution < 1.29 is 37.4 Å². The number of anilines is 1. The second kappa shape index (κ2) is 23.6. The molecule has 2 aromatic heterocycles. The minimum absolute atomic E-state index is 0.0362. The summed E-state index contributed by atoms with van der Waals surface area (Å²) in [4.78, 5) is 25.7. The number of aromatic nitrogens is 4. The van der Waals surface area contributed by atoms with E-state index in [9.17, 15) is 18.9 Å². The normalized spacial score (nSPS) is 19.3. The quantitative estimate of drug-likeness (QED) is 0.0171. The Morgan fingerprint density at radius 3 is 2.25 bits per heavy atom. The minimum Gasteiger partial charge on any atom is -0.464 e. The third kappa shape index (κ3) is 13.6. The molecule has 1 aliphatic heterocycles. The van der Waals surface area contributed by atoms with Gasteiger partial charge in [0.15, 0.2) is 22.6 Å². The molecule has 60 heavy (non-hydrogen) atoms. The molecular weight excluding hydrogens is 787 g/mol. The zero-order valence-corrected chi connectivity index (χ0v) is 35.9. The summed E-state index contributed by atoms with van der Waals surface area (Å²) in [5.41, 5.74) is 4.97. The summed E-state index contributed by atoms with van der Waals surface area (Å²) >= 11 is 0. The molecule has 5 atom stereocenters. The maximum Gasteiger partial charge on any atom is 0.459 e. The lowest BCUT2D eigenvalue weighted by atomic mass is 9.94. The number of terminal acetylenes is 1. The van der Waals surface area contributed by atoms with Crippen molar-refractivity contribution >= 4 is 30.7 Å². The fraction of sp³-hybridized carbons (Fsp3) is 0.556. The highest BCUT2D eigenvalue weighted by Gasteiger charge is 2.50. The highest BCUT2D eigenvalue weighted by molar-refractivity contribution is 7.52. The van der Waals surface area contributed by atoms with Gasteiger partial charge >= 0.3 is 19.8 Å². The van der Waals surface area contributed by atoms with E-state index in [-0.39, 0.29) is 48.1 Å². The second-order valence-electron chi connectivity index (χ2n) is 15.7. The summed E-state index contributed by atoms with van der Waals surface area (Å²) in [5.74, 6) is 2.11. The van der Waals surface area contributed by atoms with Gasteiger partial charge in [-0.05, 0) is 42.9 Å². The van der Waals surface area contributed by atoms with Gasteiger partial charge < -0.3 is 24.8 Å². The molecular formula is C45H62FN6O7P. The zero-order valence-electron chi connectivity index (χ0n) is 35.1. The van der Waals surface area contributed by atoms with Crippen molar-refractivity contribution in [1.29, 1.82) is 0 Å². The topological polar surface area (TPSA) is 173 Å². The molecule has 0 radical (unpaired) electrons. The fourth-order valence-electron chi connectivity index (χ4n) is 7.50. The summed E-state index contributed by atoms with van der Waals surface area (Å²) in [5, 5.41) is 14.2. The molecule has 326 valence electrons. The van der Waals surface area contributed by atoms with Crippen LogP contribution in [-0.2, 0) is 29.8 Å². The van der Waals surface area contributed by atoms with Crippen LogP contribution in [0.3, 0.4) is 0 Å². The molecule has 0 saturated carbocycles. The van der Waals surface area contributed by atoms with Gasteiger partial charge in [-0.2, -0.15) is 19.4 Å². The first-order valence-electron chi connectivity index (χ1n) is 21.5. The maximum absolute atomic E-state index is 14.9. The first kappa shape index (κ1) is 46.7. The number of imidazole rings is 1. The van der Waals surface area contributed by atoms with E-state index in [4.69, 9.17) is 30.7 Å². The first-order chi connectivity index (χ1) is 29.1. The Labute approximate surface area is 354 Å². The van der Waals surface area contributed by atoms with Gasteiger partial charge in [0.2, 0.25) is 0 Å². The number of benzene rings is 2. The van der Waals surface area contributed by atoms with Gasteiger partial charge in [-0.15, -0.1) is 6.42 Å². The molecule has 0 aliphatic carbocycles. The van der Waals surface area contributed by atoms with Crippen LogP contribution in [0.4, 0.5) is 10.2 Å². The van der Waals surface area contributed by atoms with Crippen LogP contribution in [0.5, 0.6) is 5.75 Å². The van der Waals surface area contributed by atoms with Gasteiger partial charge in [0.05, 0.1) is 12.9 Å². The molecule has 4 aromatic rings. The molecule has 1 aliphatic rings. The lowest BCUT2D eigenvalue weighted by Crippen LogP contribution is -2.44. The van der Waals surface area contributed by atoms with Crippen LogP contribution in [0, 0.1) is 24.3 Å². The average molecular weight is 849 g/mol. The molecule has 5 rings (SSSR count). The number of ether oxygens (including phenoxy) is 2. The van der Waals surface area contributed by atoms with Gasteiger partial charge in [-0.3, -0.25) is 13.9 Å². The van der Waals surface area contributed by atoms with Gasteiger partial charge in [0, 0.05) is 6.42 Å². The van der Waals surface area contributed by atoms with Gasteiger partial charge in [0.25, 0.3) is 0 Å². The van der Waals surface area contributed by atoms with Crippen molar-refractivity contribution in [1.82, 2.24) is 24.6 Å². The molecule has 1 unspecified atom stereocenters. The Balaban J connectivity index is 1.34. The molecule has 2 aromatic carbocycles. The molecule has 0 amide bonds. The number of carbonyl (C=O) groups excluding carboxylic acids is 1. The predicted molar refractivity (Wildman–Crippen MR) is 230 cm³/mol. The Kier molecular flexibility index (Phi) is 18.3. The number of rotatable bonds is 27. The van der Waals surface area contributed by atoms with Crippen LogP contribution < -0.4 is 15.3 Å². The molecule has 3 heterocycles. The largest absolute Gasteiger partial charge is 0.464 e. The molecule has 1 saturated heterocycles. The number of nitrogens with zero attached hydrogens (tertiary/aromatic N) is 4. The van der Waals surface area contributed by atoms with Gasteiger partial charge in [-0.25, -0.2) is 9.55 Å². The van der Waals surface area contributed by atoms with E-state index in [0.717, 1.165) is 44.1 Å². The molecule has 1 fully saturated rings. The third-order valence-corrected chi connectivity index (χ3v) is 12.5. The molecule has 15 heteroatoms. The van der Waals surface area contributed by atoms with E-state index >= 15 is 0 Å². The lowest BCUT2D eigenvalue weighted by Gasteiger charge is -2.30. The molecule has 4 N–H and O–H groups in total. The SMILES string of the molecule is C#C[C@]1(COP(=O)(N[C@@H](Cc2ccccc2)C(=O)OCC(CCCCCCCC)CCCCCCCC)Oc2ccccc2)O[C@@H](n2cnc3c(N)nc(F)nc32)C[C@@H]1O. The molecule has 13 nitrogen and oxygen atoms in total. The Bertz CT molecular complexity index is 1980. The first-order valence-corrected chi connectivity index (χ1v) is 23.1. The number of para-hydroxylation sites is 1. The monoisotopic (exact) mass is 848 g/mol. The van der Waals surface area contributed by atoms with Crippen LogP contribution in [-0.4, -0.2) is 61.6 Å². The number of esters is 1. The summed E-state index contributed by atoms with van der Waals surface area (Å²) < 4.78 is 54.9. The number of carbonyl (C=O) groups is 1. The van der Waals surface area contributed by atoms with E-state index in [0.29, 0.717) is 0 Å². The summed E-state index contributed by atoms with van der Waals surface area (Å²) in [6, 6.07) is 16.5. The van der Waals surface area contributed by atoms with E-state index in [1.807, 2.05) is 30.3 Å². The van der Waals surface area contributed by atoms with E-state index in [1.54, 1.807) is 30.3 Å². The fourth-order valence-corrected chi connectivity index (χ4v) is 9.02. The van der Waals surface area contributed by atoms with Gasteiger partial charge in [-0.1, -0.05) is 145 Å². The summed E-state index contributed by atoms with van der Waals surface area (Å²) in [6.45, 7) is 4.04. The summed E-state index contributed by atoms with van der Waals surface area (Å²) in [7, 11) is -4.51. The number of aliphatic hydroxyl groups excluding tert-OH is 1. The highest BCUT2D eigenvalue weighted by atomic mass is 31.2. The van der Waals surface area contributed by atoms with Crippen LogP contribution in [0.2, 0.25) is 0 Å². The van der Waals surface area contributed by atoms with Crippen LogP contribution in [0.15, 0.2) is 67.0 Å². The van der Waals surface area contributed by atoms with Crippen molar-refractivity contribution in [3.63, 3.8) is 0 Å². The minimum atomic E-state index is -4.51. The van der Waals surface area contributed by atoms with E-state index in [2.05, 4.69) is 39.8 Å². The Morgan fingerprint density at radius 1 is 1.00 bits per heavy atom. The standard InChI is InChI=1S/C45H62FN6O7P/c1-4-7-9-11-13-17-25-35(26-18-14-12-10-8-5-2)31-56-43(54)37(29-34-23-19-15-20-24-34)51-60(55,59-36-27-21-16-22-28-36)57-32-45(6-3)38(53)30-39(58-45)52-33-48-40-41(47)49-44(46)50-42(40)52/h3,15-16,19-24,27-28,33,35,37-39,53H,4-5,7-14,17-18,25-26,29-32H2,1-2H3,(H,51,55)(H2,47,49,50)/t37-,38-,39+,45+,60?/m0/s1. The molecule has 0 bridgehead atoms. The average Bonchev–Trinajstić information content (AvgIpc) is 3.82. The number of nitrogens with one attached hydrogen (secondary N) is 1. The lowest BCUT2D eigenvalue weighted by molar-refractivity contribution is -0.147. The number of nitrogen functional groups attached to an aromatic ring is 1. The zero-order chi connectivity index (χ0) is 42.8. The number of nitrogens with two attached hydrogens (primary N) is 1. The molecule has 0 spiro atoms. The van der Waals surface area contributed by atoms with Crippen molar-refractivity contribution in [2.24, 2.45) is 5.92 Å². The van der Waals surface area contributed by atoms with Gasteiger partial charge in [0.1, 0.15) is 30.7 Å². The van der Waals surface area contributed by atoms with Crippen LogP contribution in [0.1, 0.15) is 122 Å². The van der Waals surface area contributed by atoms with Crippen molar-refractivity contribution in [3.05, 3.63) is 78.6 Å². The smallest absolute Gasteiger partial charge is 0.459 e. The van der Waals surface area contributed by atoms with E-state index in [1.165, 1.54) is 62.3 Å². The van der Waals surface area contributed by atoms with E-state index < -0.39 is 50.4 Å².